The lowest BCUT2D eigenvalue weighted by Crippen LogP contribution is -2.06. The maximum atomic E-state index is 5.59. The van der Waals surface area contributed by atoms with Gasteiger partial charge in [0.2, 0.25) is 5.76 Å². The zero-order chi connectivity index (χ0) is 10.1. The number of nitrogens with zero attached hydrogens (tertiary/aromatic N) is 3. The summed E-state index contributed by atoms with van der Waals surface area (Å²) in [4.78, 5) is 8.00. The van der Waals surface area contributed by atoms with Crippen LogP contribution in [0.4, 0.5) is 0 Å². The van der Waals surface area contributed by atoms with Gasteiger partial charge in [0.25, 0.3) is 5.89 Å². The molecule has 14 heavy (non-hydrogen) atoms. The van der Waals surface area contributed by atoms with Gasteiger partial charge in [-0.3, -0.25) is 0 Å². The van der Waals surface area contributed by atoms with E-state index in [9.17, 15) is 0 Å². The Bertz CT molecular complexity index is 432. The molecule has 0 aliphatic carbocycles. The van der Waals surface area contributed by atoms with Gasteiger partial charge in [-0.1, -0.05) is 5.16 Å². The van der Waals surface area contributed by atoms with Crippen molar-refractivity contribution in [1.82, 2.24) is 15.1 Å². The van der Waals surface area contributed by atoms with Crippen molar-refractivity contribution >= 4 is 0 Å². The van der Waals surface area contributed by atoms with Gasteiger partial charge < -0.3 is 14.7 Å². The van der Waals surface area contributed by atoms with Crippen molar-refractivity contribution in [2.45, 2.75) is 19.9 Å². The normalized spacial score (nSPS) is 13.1. The van der Waals surface area contributed by atoms with Crippen LogP contribution in [0.25, 0.3) is 11.7 Å². The topological polar surface area (TPSA) is 91.0 Å². The highest BCUT2D eigenvalue weighted by Crippen LogP contribution is 2.21. The van der Waals surface area contributed by atoms with Crippen molar-refractivity contribution in [2.75, 3.05) is 0 Å². The quantitative estimate of drug-likeness (QED) is 0.768. The first-order valence-electron chi connectivity index (χ1n) is 4.18. The van der Waals surface area contributed by atoms with Gasteiger partial charge in [0.15, 0.2) is 12.2 Å². The first-order chi connectivity index (χ1) is 6.68. The summed E-state index contributed by atoms with van der Waals surface area (Å²) in [6.07, 6.45) is 1.33. The van der Waals surface area contributed by atoms with Crippen molar-refractivity contribution < 1.29 is 8.94 Å². The van der Waals surface area contributed by atoms with E-state index in [0.29, 0.717) is 23.2 Å². The summed E-state index contributed by atoms with van der Waals surface area (Å²) in [5.41, 5.74) is 6.30. The third-order valence-electron chi connectivity index (χ3n) is 1.79. The molecule has 2 rings (SSSR count). The van der Waals surface area contributed by atoms with Crippen LogP contribution in [0.1, 0.15) is 24.5 Å². The van der Waals surface area contributed by atoms with E-state index in [4.69, 9.17) is 14.7 Å². The fourth-order valence-corrected chi connectivity index (χ4v) is 1.02. The second kappa shape index (κ2) is 3.22. The first kappa shape index (κ1) is 8.89. The van der Waals surface area contributed by atoms with Crippen LogP contribution in [-0.2, 0) is 0 Å². The summed E-state index contributed by atoms with van der Waals surface area (Å²) in [6.45, 7) is 3.58. The molecule has 2 aromatic heterocycles. The summed E-state index contributed by atoms with van der Waals surface area (Å²) >= 11 is 0. The van der Waals surface area contributed by atoms with Crippen LogP contribution in [0, 0.1) is 6.92 Å². The molecule has 0 fully saturated rings. The molecule has 0 spiro atoms. The summed E-state index contributed by atoms with van der Waals surface area (Å²) in [7, 11) is 0. The highest BCUT2D eigenvalue weighted by Gasteiger charge is 2.16. The molecule has 2 aromatic rings. The highest BCUT2D eigenvalue weighted by atomic mass is 16.5. The second-order valence-electron chi connectivity index (χ2n) is 3.01. The van der Waals surface area contributed by atoms with Gasteiger partial charge in [-0.15, -0.1) is 0 Å². The minimum atomic E-state index is -0.254. The predicted molar refractivity (Wildman–Crippen MR) is 47.1 cm³/mol. The van der Waals surface area contributed by atoms with Crippen LogP contribution >= 0.6 is 0 Å². The molecule has 0 radical (unpaired) electrons. The minimum absolute atomic E-state index is 0.254. The minimum Gasteiger partial charge on any atom is -0.438 e. The van der Waals surface area contributed by atoms with Crippen molar-refractivity contribution in [3.63, 3.8) is 0 Å². The zero-order valence-electron chi connectivity index (χ0n) is 7.89. The lowest BCUT2D eigenvalue weighted by molar-refractivity contribution is 0.405. The van der Waals surface area contributed by atoms with E-state index in [1.165, 1.54) is 6.39 Å². The van der Waals surface area contributed by atoms with E-state index in [0.717, 1.165) is 0 Å². The number of hydrogen-bond acceptors (Lipinski definition) is 6. The number of oxazole rings is 1. The maximum absolute atomic E-state index is 5.59. The molecule has 0 aromatic carbocycles. The van der Waals surface area contributed by atoms with E-state index in [2.05, 4.69) is 15.1 Å². The smallest absolute Gasteiger partial charge is 0.295 e. The summed E-state index contributed by atoms with van der Waals surface area (Å²) < 4.78 is 10.1. The third-order valence-corrected chi connectivity index (χ3v) is 1.79. The van der Waals surface area contributed by atoms with Gasteiger partial charge >= 0.3 is 0 Å². The summed E-state index contributed by atoms with van der Waals surface area (Å²) in [5, 5.41) is 3.71. The average Bonchev–Trinajstić information content (AvgIpc) is 2.71. The van der Waals surface area contributed by atoms with Gasteiger partial charge in [0.1, 0.15) is 0 Å². The molecule has 6 nitrogen and oxygen atoms in total. The molecular formula is C8H10N4O2. The Hall–Kier alpha value is -1.69. The Morgan fingerprint density at radius 1 is 1.50 bits per heavy atom. The van der Waals surface area contributed by atoms with Gasteiger partial charge in [-0.2, -0.15) is 4.98 Å². The largest absolute Gasteiger partial charge is 0.438 e. The maximum Gasteiger partial charge on any atom is 0.295 e. The Balaban J connectivity index is 2.39. The number of rotatable bonds is 2. The molecule has 2 heterocycles. The van der Waals surface area contributed by atoms with E-state index in [1.54, 1.807) is 13.8 Å². The standard InChI is InChI=1S/C8H10N4O2/c1-4(9)7-11-8(14-12-7)6-5(2)10-3-13-6/h3-4H,9H2,1-2H3. The lowest BCUT2D eigenvalue weighted by Gasteiger charge is -1.92. The summed E-state index contributed by atoms with van der Waals surface area (Å²) in [6, 6.07) is -0.254. The van der Waals surface area contributed by atoms with Crippen molar-refractivity contribution in [3.05, 3.63) is 17.9 Å². The average molecular weight is 194 g/mol. The molecule has 0 aliphatic heterocycles. The third kappa shape index (κ3) is 1.39. The molecule has 1 unspecified atom stereocenters. The molecule has 0 saturated carbocycles. The Labute approximate surface area is 80.1 Å². The Kier molecular flexibility index (Phi) is 2.05. The Morgan fingerprint density at radius 2 is 2.29 bits per heavy atom. The molecule has 0 amide bonds. The molecule has 6 heteroatoms. The van der Waals surface area contributed by atoms with Crippen LogP contribution in [0.5, 0.6) is 0 Å². The lowest BCUT2D eigenvalue weighted by atomic mass is 10.3. The van der Waals surface area contributed by atoms with Gasteiger partial charge in [0, 0.05) is 0 Å². The van der Waals surface area contributed by atoms with Crippen LogP contribution in [0.3, 0.4) is 0 Å². The van der Waals surface area contributed by atoms with Gasteiger partial charge in [0.05, 0.1) is 11.7 Å². The second-order valence-corrected chi connectivity index (χ2v) is 3.01. The number of aryl methyl sites for hydroxylation is 1. The summed E-state index contributed by atoms with van der Waals surface area (Å²) in [5.74, 6) is 1.26. The molecule has 2 N–H and O–H groups in total. The predicted octanol–water partition coefficient (Wildman–Crippen LogP) is 1.05. The molecule has 0 saturated heterocycles. The van der Waals surface area contributed by atoms with E-state index < -0.39 is 0 Å². The fraction of sp³-hybridized carbons (Fsp3) is 0.375. The van der Waals surface area contributed by atoms with Crippen molar-refractivity contribution in [2.24, 2.45) is 5.73 Å². The van der Waals surface area contributed by atoms with Gasteiger partial charge in [-0.05, 0) is 13.8 Å². The number of nitrogens with two attached hydrogens (primary N) is 1. The van der Waals surface area contributed by atoms with Crippen LogP contribution < -0.4 is 5.73 Å². The van der Waals surface area contributed by atoms with Gasteiger partial charge in [-0.25, -0.2) is 4.98 Å². The molecule has 0 bridgehead atoms. The Morgan fingerprint density at radius 3 is 2.79 bits per heavy atom. The molecule has 74 valence electrons. The number of hydrogen-bond donors (Lipinski definition) is 1. The van der Waals surface area contributed by atoms with Crippen LogP contribution in [0.2, 0.25) is 0 Å². The van der Waals surface area contributed by atoms with Crippen molar-refractivity contribution in [3.8, 4) is 11.7 Å². The van der Waals surface area contributed by atoms with E-state index >= 15 is 0 Å². The van der Waals surface area contributed by atoms with Crippen LogP contribution in [0.15, 0.2) is 15.3 Å². The van der Waals surface area contributed by atoms with E-state index in [1.807, 2.05) is 0 Å². The molecular weight excluding hydrogens is 184 g/mol. The molecule has 0 aliphatic rings. The fourth-order valence-electron chi connectivity index (χ4n) is 1.02. The van der Waals surface area contributed by atoms with Crippen molar-refractivity contribution in [1.29, 1.82) is 0 Å². The monoisotopic (exact) mass is 194 g/mol. The van der Waals surface area contributed by atoms with Crippen LogP contribution in [-0.4, -0.2) is 15.1 Å². The van der Waals surface area contributed by atoms with E-state index in [-0.39, 0.29) is 6.04 Å². The highest BCUT2D eigenvalue weighted by molar-refractivity contribution is 5.46. The molecule has 1 atom stereocenters. The SMILES string of the molecule is Cc1ncoc1-c1nc(C(C)N)no1. The number of aromatic nitrogens is 3. The zero-order valence-corrected chi connectivity index (χ0v) is 7.89. The first-order valence-corrected chi connectivity index (χ1v) is 4.18.